The van der Waals surface area contributed by atoms with Crippen molar-refractivity contribution >= 4 is 11.3 Å². The van der Waals surface area contributed by atoms with Gasteiger partial charge in [-0.05, 0) is 6.92 Å². The molecule has 0 aliphatic carbocycles. The number of aromatic nitrogens is 1. The fourth-order valence-electron chi connectivity index (χ4n) is 0.838. The van der Waals surface area contributed by atoms with E-state index in [0.29, 0.717) is 0 Å². The third kappa shape index (κ3) is 1.01. The van der Waals surface area contributed by atoms with Crippen molar-refractivity contribution in [3.8, 4) is 0 Å². The van der Waals surface area contributed by atoms with E-state index in [0.717, 1.165) is 26.7 Å². The van der Waals surface area contributed by atoms with Gasteiger partial charge < -0.3 is 5.21 Å². The predicted molar refractivity (Wildman–Crippen MR) is 42.1 cm³/mol. The maximum absolute atomic E-state index is 11.1. The van der Waals surface area contributed by atoms with Crippen molar-refractivity contribution in [3.05, 3.63) is 20.8 Å². The molecule has 56 valence electrons. The van der Waals surface area contributed by atoms with Crippen molar-refractivity contribution in [2.24, 2.45) is 0 Å². The van der Waals surface area contributed by atoms with Crippen molar-refractivity contribution in [1.29, 1.82) is 0 Å². The molecule has 0 aliphatic heterocycles. The molecule has 0 spiro atoms. The molecule has 10 heavy (non-hydrogen) atoms. The van der Waals surface area contributed by atoms with Gasteiger partial charge in [0.15, 0.2) is 0 Å². The minimum atomic E-state index is 0.836. The molecule has 0 saturated carbocycles. The van der Waals surface area contributed by atoms with E-state index in [-0.39, 0.29) is 0 Å². The molecule has 1 aromatic rings. The van der Waals surface area contributed by atoms with Gasteiger partial charge in [-0.2, -0.15) is 4.73 Å². The van der Waals surface area contributed by atoms with Gasteiger partial charge in [-0.3, -0.25) is 0 Å². The molecule has 0 unspecified atom stereocenters. The van der Waals surface area contributed by atoms with Crippen LogP contribution in [0.2, 0.25) is 0 Å². The van der Waals surface area contributed by atoms with Gasteiger partial charge in [0, 0.05) is 13.3 Å². The Hall–Kier alpha value is -0.570. The Balaban J connectivity index is 3.17. The summed E-state index contributed by atoms with van der Waals surface area (Å²) in [5.41, 5.74) is 0.849. The Kier molecular flexibility index (Phi) is 1.94. The summed E-state index contributed by atoms with van der Waals surface area (Å²) in [7, 11) is 0. The van der Waals surface area contributed by atoms with Crippen molar-refractivity contribution in [2.75, 3.05) is 0 Å². The van der Waals surface area contributed by atoms with E-state index in [1.54, 1.807) is 11.3 Å². The fourth-order valence-corrected chi connectivity index (χ4v) is 1.79. The second-order valence-electron chi connectivity index (χ2n) is 2.29. The van der Waals surface area contributed by atoms with Gasteiger partial charge in [0.2, 0.25) is 10.7 Å². The van der Waals surface area contributed by atoms with Gasteiger partial charge >= 0.3 is 0 Å². The first kappa shape index (κ1) is 7.54. The Morgan fingerprint density at radius 1 is 1.50 bits per heavy atom. The lowest BCUT2D eigenvalue weighted by molar-refractivity contribution is -0.614. The van der Waals surface area contributed by atoms with Crippen molar-refractivity contribution in [2.45, 2.75) is 27.2 Å². The maximum Gasteiger partial charge on any atom is 0.248 e. The molecule has 0 fully saturated rings. The highest BCUT2D eigenvalue weighted by Gasteiger charge is 2.12. The SMILES string of the molecule is CCc1sc(C)c(C)[n+]1[O-]. The van der Waals surface area contributed by atoms with Gasteiger partial charge in [-0.25, -0.2) is 0 Å². The molecule has 0 saturated heterocycles. The third-order valence-corrected chi connectivity index (χ3v) is 2.91. The summed E-state index contributed by atoms with van der Waals surface area (Å²) in [4.78, 5) is 1.13. The molecule has 1 heterocycles. The minimum Gasteiger partial charge on any atom is -0.618 e. The van der Waals surface area contributed by atoms with Crippen LogP contribution in [0.3, 0.4) is 0 Å². The summed E-state index contributed by atoms with van der Waals surface area (Å²) < 4.78 is 1.03. The van der Waals surface area contributed by atoms with E-state index >= 15 is 0 Å². The van der Waals surface area contributed by atoms with Crippen LogP contribution in [0.15, 0.2) is 0 Å². The van der Waals surface area contributed by atoms with Crippen LogP contribution >= 0.6 is 11.3 Å². The summed E-state index contributed by atoms with van der Waals surface area (Å²) in [6, 6.07) is 0. The lowest BCUT2D eigenvalue weighted by atomic mass is 10.4. The first-order valence-electron chi connectivity index (χ1n) is 3.35. The van der Waals surface area contributed by atoms with Crippen LogP contribution in [0.1, 0.15) is 22.5 Å². The fraction of sp³-hybridized carbons (Fsp3) is 0.571. The normalized spacial score (nSPS) is 10.3. The molecule has 0 N–H and O–H groups in total. The molecule has 1 aromatic heterocycles. The molecule has 1 rings (SSSR count). The number of aryl methyl sites for hydroxylation is 2. The second-order valence-corrected chi connectivity index (χ2v) is 3.57. The minimum absolute atomic E-state index is 0.836. The van der Waals surface area contributed by atoms with Crippen LogP contribution in [-0.4, -0.2) is 0 Å². The van der Waals surface area contributed by atoms with E-state index in [9.17, 15) is 5.21 Å². The molecule has 0 atom stereocenters. The molecule has 0 amide bonds. The summed E-state index contributed by atoms with van der Waals surface area (Å²) in [5.74, 6) is 0. The van der Waals surface area contributed by atoms with Gasteiger partial charge in [-0.15, -0.1) is 0 Å². The molecule has 0 radical (unpaired) electrons. The van der Waals surface area contributed by atoms with Crippen LogP contribution in [0.5, 0.6) is 0 Å². The maximum atomic E-state index is 11.1. The molecular formula is C7H11NOS. The lowest BCUT2D eigenvalue weighted by Crippen LogP contribution is -2.31. The summed E-state index contributed by atoms with van der Waals surface area (Å²) >= 11 is 1.59. The molecule has 3 heteroatoms. The monoisotopic (exact) mass is 157 g/mol. The van der Waals surface area contributed by atoms with Crippen molar-refractivity contribution < 1.29 is 4.73 Å². The molecule has 0 aromatic carbocycles. The molecular weight excluding hydrogens is 146 g/mol. The summed E-state index contributed by atoms with van der Waals surface area (Å²) in [5, 5.41) is 12.1. The van der Waals surface area contributed by atoms with E-state index in [1.165, 1.54) is 0 Å². The zero-order valence-electron chi connectivity index (χ0n) is 6.47. The third-order valence-electron chi connectivity index (χ3n) is 1.61. The molecule has 2 nitrogen and oxygen atoms in total. The standard InChI is InChI=1S/C7H11NOS/c1-4-7-8(9)5(2)6(3)10-7/h4H2,1-3H3. The lowest BCUT2D eigenvalue weighted by Gasteiger charge is -1.94. The quantitative estimate of drug-likeness (QED) is 0.449. The Labute approximate surface area is 64.7 Å². The molecule has 0 aliphatic rings. The smallest absolute Gasteiger partial charge is 0.248 e. The zero-order chi connectivity index (χ0) is 7.72. The van der Waals surface area contributed by atoms with Crippen LogP contribution in [0, 0.1) is 19.1 Å². The van der Waals surface area contributed by atoms with E-state index < -0.39 is 0 Å². The number of nitrogens with zero attached hydrogens (tertiary/aromatic N) is 1. The van der Waals surface area contributed by atoms with E-state index in [2.05, 4.69) is 0 Å². The van der Waals surface area contributed by atoms with Gasteiger partial charge in [0.1, 0.15) is 0 Å². The van der Waals surface area contributed by atoms with Gasteiger partial charge in [0.05, 0.1) is 4.88 Å². The number of rotatable bonds is 1. The zero-order valence-corrected chi connectivity index (χ0v) is 7.29. The first-order valence-corrected chi connectivity index (χ1v) is 4.17. The van der Waals surface area contributed by atoms with Gasteiger partial charge in [-0.1, -0.05) is 18.3 Å². The highest BCUT2D eigenvalue weighted by molar-refractivity contribution is 7.11. The Bertz CT molecular complexity index is 242. The van der Waals surface area contributed by atoms with E-state index in [4.69, 9.17) is 0 Å². The Morgan fingerprint density at radius 2 is 2.10 bits per heavy atom. The van der Waals surface area contributed by atoms with Gasteiger partial charge in [0.25, 0.3) is 0 Å². The van der Waals surface area contributed by atoms with Crippen molar-refractivity contribution in [3.63, 3.8) is 0 Å². The highest BCUT2D eigenvalue weighted by Crippen LogP contribution is 2.13. The van der Waals surface area contributed by atoms with Crippen molar-refractivity contribution in [1.82, 2.24) is 0 Å². The Morgan fingerprint density at radius 3 is 2.30 bits per heavy atom. The van der Waals surface area contributed by atoms with E-state index in [1.807, 2.05) is 20.8 Å². The average molecular weight is 157 g/mol. The second kappa shape index (κ2) is 2.58. The number of thiazole rings is 1. The van der Waals surface area contributed by atoms with Crippen LogP contribution < -0.4 is 4.73 Å². The van der Waals surface area contributed by atoms with Crippen LogP contribution in [0.4, 0.5) is 0 Å². The van der Waals surface area contributed by atoms with Crippen LogP contribution in [0.25, 0.3) is 0 Å². The first-order chi connectivity index (χ1) is 4.66. The highest BCUT2D eigenvalue weighted by atomic mass is 32.1. The topological polar surface area (TPSA) is 26.9 Å². The predicted octanol–water partition coefficient (Wildman–Crippen LogP) is 1.56. The largest absolute Gasteiger partial charge is 0.618 e. The van der Waals surface area contributed by atoms with Crippen LogP contribution in [-0.2, 0) is 6.42 Å². The average Bonchev–Trinajstić information content (AvgIpc) is 2.17. The molecule has 0 bridgehead atoms. The summed E-state index contributed by atoms with van der Waals surface area (Å²) in [6.07, 6.45) is 0.836. The number of hydrogen-bond acceptors (Lipinski definition) is 2. The number of hydrogen-bond donors (Lipinski definition) is 0. The summed E-state index contributed by atoms with van der Waals surface area (Å²) in [6.45, 7) is 5.84.